The number of rotatable bonds is 5. The molecule has 1 atom stereocenters. The predicted octanol–water partition coefficient (Wildman–Crippen LogP) is 5.12. The maximum Gasteiger partial charge on any atom is 0.0970 e. The Labute approximate surface area is 196 Å². The average molecular weight is 446 g/mol. The maximum absolute atomic E-state index is 4.66. The Morgan fingerprint density at radius 2 is 1.82 bits per heavy atom. The monoisotopic (exact) mass is 445 g/mol. The second-order valence-corrected chi connectivity index (χ2v) is 8.48. The number of hydrogen-bond acceptors (Lipinski definition) is 5. The molecule has 0 spiro atoms. The van der Waals surface area contributed by atoms with E-state index in [0.717, 1.165) is 39.1 Å². The maximum atomic E-state index is 4.66. The minimum atomic E-state index is -0.160. The van der Waals surface area contributed by atoms with E-state index in [0.29, 0.717) is 0 Å². The fourth-order valence-electron chi connectivity index (χ4n) is 4.43. The molecule has 0 bridgehead atoms. The molecule has 0 fully saturated rings. The lowest BCUT2D eigenvalue weighted by atomic mass is 10.0. The van der Waals surface area contributed by atoms with Crippen LogP contribution in [0.15, 0.2) is 92.0 Å². The van der Waals surface area contributed by atoms with Gasteiger partial charge in [0.05, 0.1) is 29.1 Å². The first kappa shape index (κ1) is 20.1. The largest absolute Gasteiger partial charge is 0.373 e. The summed E-state index contributed by atoms with van der Waals surface area (Å²) in [4.78, 5) is 18.2. The molecule has 2 aromatic carbocycles. The lowest BCUT2D eigenvalue weighted by molar-refractivity contribution is 0.882. The molecule has 6 aromatic rings. The molecule has 0 amide bonds. The van der Waals surface area contributed by atoms with Crippen LogP contribution in [0.5, 0.6) is 0 Å². The number of aryl methyl sites for hydroxylation is 2. The number of pyridine rings is 1. The first-order valence-corrected chi connectivity index (χ1v) is 11.1. The van der Waals surface area contributed by atoms with E-state index in [-0.39, 0.29) is 6.04 Å². The van der Waals surface area contributed by atoms with Crippen LogP contribution < -0.4 is 5.32 Å². The van der Waals surface area contributed by atoms with Crippen LogP contribution in [0.3, 0.4) is 0 Å². The fraction of sp³-hybridized carbons (Fsp3) is 0.111. The summed E-state index contributed by atoms with van der Waals surface area (Å²) in [5, 5.41) is 4.89. The third-order valence-corrected chi connectivity index (χ3v) is 6.12. The second-order valence-electron chi connectivity index (χ2n) is 8.48. The quantitative estimate of drug-likeness (QED) is 0.399. The summed E-state index contributed by atoms with van der Waals surface area (Å²) in [6, 6.07) is 16.7. The van der Waals surface area contributed by atoms with Crippen LogP contribution >= 0.6 is 0 Å². The van der Waals surface area contributed by atoms with Gasteiger partial charge < -0.3 is 14.5 Å². The number of imidazole rings is 1. The van der Waals surface area contributed by atoms with Crippen molar-refractivity contribution < 1.29 is 0 Å². The molecule has 1 N–H and O–H groups in total. The molecule has 0 aliphatic carbocycles. The number of nitrogens with one attached hydrogen (secondary N) is 1. The Morgan fingerprint density at radius 3 is 2.65 bits per heavy atom. The molecule has 4 heterocycles. The van der Waals surface area contributed by atoms with E-state index in [4.69, 9.17) is 0 Å². The summed E-state index contributed by atoms with van der Waals surface area (Å²) in [7, 11) is 4.04. The van der Waals surface area contributed by atoms with Crippen molar-refractivity contribution in [3.63, 3.8) is 0 Å². The highest BCUT2D eigenvalue weighted by Gasteiger charge is 2.19. The Morgan fingerprint density at radius 1 is 0.912 bits per heavy atom. The van der Waals surface area contributed by atoms with E-state index >= 15 is 0 Å². The molecule has 0 radical (unpaired) electrons. The molecule has 7 nitrogen and oxygen atoms in total. The van der Waals surface area contributed by atoms with Crippen LogP contribution in [0.25, 0.3) is 33.1 Å². The van der Waals surface area contributed by atoms with Crippen molar-refractivity contribution >= 4 is 27.6 Å². The summed E-state index contributed by atoms with van der Waals surface area (Å²) in [6.07, 6.45) is 13.0. The minimum Gasteiger partial charge on any atom is -0.373 e. The highest BCUT2D eigenvalue weighted by Crippen LogP contribution is 2.34. The van der Waals surface area contributed by atoms with Gasteiger partial charge in [-0.25, -0.2) is 4.98 Å². The van der Waals surface area contributed by atoms with Crippen molar-refractivity contribution in [2.45, 2.75) is 6.04 Å². The van der Waals surface area contributed by atoms with Gasteiger partial charge in [-0.15, -0.1) is 0 Å². The zero-order valence-corrected chi connectivity index (χ0v) is 18.9. The summed E-state index contributed by atoms with van der Waals surface area (Å²) in [5.41, 5.74) is 7.90. The molecule has 4 aromatic heterocycles. The summed E-state index contributed by atoms with van der Waals surface area (Å²) >= 11 is 0. The Hall–Kier alpha value is -4.52. The van der Waals surface area contributed by atoms with Crippen molar-refractivity contribution in [1.82, 2.24) is 29.1 Å². The summed E-state index contributed by atoms with van der Waals surface area (Å²) in [6.45, 7) is 0. The molecule has 0 saturated carbocycles. The Bertz CT molecular complexity index is 1610. The van der Waals surface area contributed by atoms with Gasteiger partial charge in [0.15, 0.2) is 0 Å². The van der Waals surface area contributed by atoms with Gasteiger partial charge in [0.1, 0.15) is 0 Å². The highest BCUT2D eigenvalue weighted by molar-refractivity contribution is 5.97. The van der Waals surface area contributed by atoms with Crippen molar-refractivity contribution in [2.75, 3.05) is 5.32 Å². The number of hydrogen-bond donors (Lipinski definition) is 1. The molecule has 0 saturated heterocycles. The molecular weight excluding hydrogens is 422 g/mol. The SMILES string of the molecule is Cn1cnc(C(Nc2cc(-c3ccc4ccn(C)c4c3)c3nccnc3c2)c2cccnc2)c1. The third kappa shape index (κ3) is 3.57. The summed E-state index contributed by atoms with van der Waals surface area (Å²) in [5.74, 6) is 0. The van der Waals surface area contributed by atoms with E-state index in [1.807, 2.05) is 42.5 Å². The second kappa shape index (κ2) is 8.12. The van der Waals surface area contributed by atoms with Crippen molar-refractivity contribution in [3.8, 4) is 11.1 Å². The molecular formula is C27H23N7. The third-order valence-electron chi connectivity index (χ3n) is 6.12. The van der Waals surface area contributed by atoms with Gasteiger partial charge in [-0.3, -0.25) is 15.0 Å². The van der Waals surface area contributed by atoms with E-state index in [9.17, 15) is 0 Å². The van der Waals surface area contributed by atoms with Gasteiger partial charge in [-0.2, -0.15) is 0 Å². The molecule has 0 aliphatic heterocycles. The van der Waals surface area contributed by atoms with Crippen LogP contribution in [0.4, 0.5) is 5.69 Å². The number of nitrogens with zero attached hydrogens (tertiary/aromatic N) is 6. The van der Waals surface area contributed by atoms with Crippen molar-refractivity contribution in [3.05, 3.63) is 103 Å². The van der Waals surface area contributed by atoms with E-state index < -0.39 is 0 Å². The van der Waals surface area contributed by atoms with Gasteiger partial charge in [0.2, 0.25) is 0 Å². The first-order valence-electron chi connectivity index (χ1n) is 11.1. The normalized spacial score (nSPS) is 12.3. The van der Waals surface area contributed by atoms with E-state index in [2.05, 4.69) is 79.5 Å². The van der Waals surface area contributed by atoms with Crippen LogP contribution in [-0.2, 0) is 14.1 Å². The highest BCUT2D eigenvalue weighted by atomic mass is 15.0. The van der Waals surface area contributed by atoms with Crippen molar-refractivity contribution in [2.24, 2.45) is 14.1 Å². The fourth-order valence-corrected chi connectivity index (χ4v) is 4.43. The molecule has 6 rings (SSSR count). The average Bonchev–Trinajstić information content (AvgIpc) is 3.47. The van der Waals surface area contributed by atoms with E-state index in [1.165, 1.54) is 10.9 Å². The zero-order chi connectivity index (χ0) is 23.1. The minimum absolute atomic E-state index is 0.160. The van der Waals surface area contributed by atoms with Crippen LogP contribution in [0.1, 0.15) is 17.3 Å². The standard InChI is InChI=1S/C27H23N7/c1-33-16-24(31-17-33)26(20-4-3-8-28-15-20)32-21-13-22(27-23(14-21)29-9-10-30-27)19-6-5-18-7-11-34(2)25(18)12-19/h3-17,26,32H,1-2H3. The van der Waals surface area contributed by atoms with Gasteiger partial charge in [0.25, 0.3) is 0 Å². The zero-order valence-electron chi connectivity index (χ0n) is 18.9. The molecule has 0 aliphatic rings. The van der Waals surface area contributed by atoms with Gasteiger partial charge in [-0.05, 0) is 46.8 Å². The molecule has 7 heteroatoms. The van der Waals surface area contributed by atoms with Crippen LogP contribution in [-0.4, -0.2) is 29.1 Å². The molecule has 34 heavy (non-hydrogen) atoms. The number of fused-ring (bicyclic) bond motifs is 2. The lowest BCUT2D eigenvalue weighted by Gasteiger charge is -2.20. The van der Waals surface area contributed by atoms with Crippen LogP contribution in [0.2, 0.25) is 0 Å². The topological polar surface area (TPSA) is 73.5 Å². The predicted molar refractivity (Wildman–Crippen MR) is 134 cm³/mol. The lowest BCUT2D eigenvalue weighted by Crippen LogP contribution is -2.13. The smallest absolute Gasteiger partial charge is 0.0970 e. The number of benzene rings is 2. The Balaban J connectivity index is 1.50. The first-order chi connectivity index (χ1) is 16.7. The number of anilines is 1. The van der Waals surface area contributed by atoms with Gasteiger partial charge >= 0.3 is 0 Å². The van der Waals surface area contributed by atoms with Gasteiger partial charge in [-0.1, -0.05) is 18.2 Å². The van der Waals surface area contributed by atoms with Crippen LogP contribution in [0, 0.1) is 0 Å². The molecule has 166 valence electrons. The summed E-state index contributed by atoms with van der Waals surface area (Å²) < 4.78 is 4.08. The van der Waals surface area contributed by atoms with Crippen molar-refractivity contribution in [1.29, 1.82) is 0 Å². The Kier molecular flexibility index (Phi) is 4.80. The van der Waals surface area contributed by atoms with Gasteiger partial charge in [0, 0.05) is 68.0 Å². The van der Waals surface area contributed by atoms with E-state index in [1.54, 1.807) is 18.6 Å². The molecule has 1 unspecified atom stereocenters. The number of aromatic nitrogens is 6.